The maximum Gasteiger partial charge on any atom is 0.303 e. The second-order valence-electron chi connectivity index (χ2n) is 7.33. The average molecular weight is 451 g/mol. The number of pyridine rings is 1. The number of anilines is 1. The Morgan fingerprint density at radius 3 is 2.31 bits per heavy atom. The second-order valence-corrected chi connectivity index (χ2v) is 9.30. The van der Waals surface area contributed by atoms with Crippen molar-refractivity contribution in [2.45, 2.75) is 30.6 Å². The van der Waals surface area contributed by atoms with E-state index in [0.717, 1.165) is 29.5 Å². The van der Waals surface area contributed by atoms with Gasteiger partial charge in [-0.15, -0.1) is 0 Å². The first-order valence-corrected chi connectivity index (χ1v) is 11.8. The summed E-state index contributed by atoms with van der Waals surface area (Å²) >= 11 is 0. The van der Waals surface area contributed by atoms with Gasteiger partial charge in [-0.1, -0.05) is 42.5 Å². The lowest BCUT2D eigenvalue weighted by Crippen LogP contribution is -2.26. The molecule has 3 rings (SSSR count). The van der Waals surface area contributed by atoms with Crippen molar-refractivity contribution in [3.63, 3.8) is 0 Å². The Kier molecular flexibility index (Phi) is 7.78. The standard InChI is InChI=1S/C25H26N2O4S/c1-27(32(30,31)23-10-4-2-5-11-23)22-16-14-20(15-17-22)24(21-9-8-18-26-19-21)12-6-3-7-13-25(28)29/h2,4-5,8-12,14-19H,3,6-7,13H2,1H3,(H,28,29)/b24-12-. The Hall–Kier alpha value is -3.45. The van der Waals surface area contributed by atoms with Gasteiger partial charge in [0, 0.05) is 31.4 Å². The summed E-state index contributed by atoms with van der Waals surface area (Å²) in [5.74, 6) is -0.786. The summed E-state index contributed by atoms with van der Waals surface area (Å²) in [6.07, 6.45) is 7.86. The van der Waals surface area contributed by atoms with E-state index in [1.54, 1.807) is 54.9 Å². The summed E-state index contributed by atoms with van der Waals surface area (Å²) in [6.45, 7) is 0. The van der Waals surface area contributed by atoms with Crippen molar-refractivity contribution in [1.29, 1.82) is 0 Å². The van der Waals surface area contributed by atoms with Crippen molar-refractivity contribution in [2.75, 3.05) is 11.4 Å². The first kappa shape index (κ1) is 23.2. The Labute approximate surface area is 188 Å². The van der Waals surface area contributed by atoms with Crippen molar-refractivity contribution in [2.24, 2.45) is 0 Å². The molecule has 0 spiro atoms. The zero-order valence-corrected chi connectivity index (χ0v) is 18.7. The third-order valence-corrected chi connectivity index (χ3v) is 6.91. The van der Waals surface area contributed by atoms with Crippen LogP contribution in [-0.4, -0.2) is 31.5 Å². The van der Waals surface area contributed by atoms with Crippen LogP contribution in [0.25, 0.3) is 5.57 Å². The number of carboxylic acid groups (broad SMARTS) is 1. The number of allylic oxidation sites excluding steroid dienone is 1. The fourth-order valence-electron chi connectivity index (χ4n) is 3.33. The van der Waals surface area contributed by atoms with Crippen molar-refractivity contribution in [3.8, 4) is 0 Å². The molecule has 0 radical (unpaired) electrons. The predicted octanol–water partition coefficient (Wildman–Crippen LogP) is 4.98. The largest absolute Gasteiger partial charge is 0.481 e. The van der Waals surface area contributed by atoms with Gasteiger partial charge < -0.3 is 5.11 Å². The molecule has 1 N–H and O–H groups in total. The number of aromatic nitrogens is 1. The number of sulfonamides is 1. The number of unbranched alkanes of at least 4 members (excludes halogenated alkanes) is 2. The molecular formula is C25H26N2O4S. The van der Waals surface area contributed by atoms with Gasteiger partial charge in [0.1, 0.15) is 0 Å². The van der Waals surface area contributed by atoms with Crippen molar-refractivity contribution in [3.05, 3.63) is 96.3 Å². The number of rotatable bonds is 10. The van der Waals surface area contributed by atoms with Crippen LogP contribution in [0.5, 0.6) is 0 Å². The van der Waals surface area contributed by atoms with Gasteiger partial charge in [-0.05, 0) is 60.7 Å². The highest BCUT2D eigenvalue weighted by atomic mass is 32.2. The van der Waals surface area contributed by atoms with E-state index in [2.05, 4.69) is 11.1 Å². The summed E-state index contributed by atoms with van der Waals surface area (Å²) in [5.41, 5.74) is 3.42. The first-order valence-electron chi connectivity index (χ1n) is 10.4. The van der Waals surface area contributed by atoms with Crippen LogP contribution in [-0.2, 0) is 14.8 Å². The van der Waals surface area contributed by atoms with E-state index in [9.17, 15) is 13.2 Å². The van der Waals surface area contributed by atoms with E-state index >= 15 is 0 Å². The molecule has 166 valence electrons. The molecule has 6 nitrogen and oxygen atoms in total. The smallest absolute Gasteiger partial charge is 0.303 e. The Morgan fingerprint density at radius 1 is 0.969 bits per heavy atom. The van der Waals surface area contributed by atoms with Crippen molar-refractivity contribution in [1.82, 2.24) is 4.98 Å². The molecule has 0 aliphatic carbocycles. The summed E-state index contributed by atoms with van der Waals surface area (Å²) < 4.78 is 27.0. The van der Waals surface area contributed by atoms with Crippen LogP contribution in [0.3, 0.4) is 0 Å². The number of aliphatic carboxylic acids is 1. The van der Waals surface area contributed by atoms with Crippen LogP contribution in [0.1, 0.15) is 36.8 Å². The third-order valence-electron chi connectivity index (χ3n) is 5.11. The van der Waals surface area contributed by atoms with E-state index in [1.807, 2.05) is 24.3 Å². The molecule has 0 unspecified atom stereocenters. The van der Waals surface area contributed by atoms with E-state index in [4.69, 9.17) is 5.11 Å². The summed E-state index contributed by atoms with van der Waals surface area (Å²) in [5, 5.41) is 8.81. The molecule has 0 saturated heterocycles. The minimum Gasteiger partial charge on any atom is -0.481 e. The quantitative estimate of drug-likeness (QED) is 0.440. The minimum atomic E-state index is -3.64. The molecule has 0 atom stereocenters. The van der Waals surface area contributed by atoms with Crippen LogP contribution in [0.4, 0.5) is 5.69 Å². The van der Waals surface area contributed by atoms with Crippen molar-refractivity contribution < 1.29 is 18.3 Å². The molecule has 0 amide bonds. The molecule has 7 heteroatoms. The lowest BCUT2D eigenvalue weighted by Gasteiger charge is -2.20. The Balaban J connectivity index is 1.83. The van der Waals surface area contributed by atoms with Gasteiger partial charge in [0.05, 0.1) is 10.6 Å². The van der Waals surface area contributed by atoms with Gasteiger partial charge in [-0.25, -0.2) is 8.42 Å². The van der Waals surface area contributed by atoms with Gasteiger partial charge >= 0.3 is 5.97 Å². The minimum absolute atomic E-state index is 0.160. The fraction of sp³-hybridized carbons (Fsp3) is 0.200. The second kappa shape index (κ2) is 10.7. The SMILES string of the molecule is CN(c1ccc(/C(=C/CCCCC(=O)O)c2cccnc2)cc1)S(=O)(=O)c1ccccc1. The number of benzene rings is 2. The first-order chi connectivity index (χ1) is 15.4. The summed E-state index contributed by atoms with van der Waals surface area (Å²) in [7, 11) is -2.10. The highest BCUT2D eigenvalue weighted by molar-refractivity contribution is 7.92. The highest BCUT2D eigenvalue weighted by Crippen LogP contribution is 2.28. The van der Waals surface area contributed by atoms with Crippen LogP contribution in [0.15, 0.2) is 90.1 Å². The van der Waals surface area contributed by atoms with Crippen LogP contribution in [0.2, 0.25) is 0 Å². The summed E-state index contributed by atoms with van der Waals surface area (Å²) in [4.78, 5) is 15.2. The lowest BCUT2D eigenvalue weighted by molar-refractivity contribution is -0.137. The van der Waals surface area contributed by atoms with Gasteiger partial charge in [-0.3, -0.25) is 14.1 Å². The Morgan fingerprint density at radius 2 is 1.69 bits per heavy atom. The molecular weight excluding hydrogens is 424 g/mol. The fourth-order valence-corrected chi connectivity index (χ4v) is 4.55. The maximum absolute atomic E-state index is 12.9. The van der Waals surface area contributed by atoms with Crippen molar-refractivity contribution >= 4 is 27.3 Å². The van der Waals surface area contributed by atoms with Crippen LogP contribution >= 0.6 is 0 Å². The molecule has 32 heavy (non-hydrogen) atoms. The molecule has 3 aromatic rings. The number of hydrogen-bond acceptors (Lipinski definition) is 4. The Bertz CT molecular complexity index is 1160. The average Bonchev–Trinajstić information content (AvgIpc) is 2.82. The van der Waals surface area contributed by atoms with Gasteiger partial charge in [-0.2, -0.15) is 0 Å². The lowest BCUT2D eigenvalue weighted by atomic mass is 9.97. The zero-order valence-electron chi connectivity index (χ0n) is 17.9. The molecule has 0 aliphatic heterocycles. The third kappa shape index (κ3) is 5.82. The topological polar surface area (TPSA) is 87.6 Å². The van der Waals surface area contributed by atoms with Gasteiger partial charge in [0.2, 0.25) is 0 Å². The number of hydrogen-bond donors (Lipinski definition) is 1. The molecule has 0 bridgehead atoms. The van der Waals surface area contributed by atoms with Gasteiger partial charge in [0.15, 0.2) is 0 Å². The van der Waals surface area contributed by atoms with E-state index in [1.165, 1.54) is 11.4 Å². The van der Waals surface area contributed by atoms with E-state index in [-0.39, 0.29) is 11.3 Å². The zero-order chi connectivity index (χ0) is 23.0. The number of nitrogens with zero attached hydrogens (tertiary/aromatic N) is 2. The number of carbonyl (C=O) groups is 1. The van der Waals surface area contributed by atoms with E-state index in [0.29, 0.717) is 12.1 Å². The monoisotopic (exact) mass is 450 g/mol. The van der Waals surface area contributed by atoms with Gasteiger partial charge in [0.25, 0.3) is 10.0 Å². The summed E-state index contributed by atoms with van der Waals surface area (Å²) in [6, 6.07) is 19.5. The normalized spacial score (nSPS) is 11.8. The van der Waals surface area contributed by atoms with Crippen LogP contribution in [0, 0.1) is 0 Å². The molecule has 0 aliphatic rings. The molecule has 0 fully saturated rings. The van der Waals surface area contributed by atoms with E-state index < -0.39 is 16.0 Å². The predicted molar refractivity (Wildman–Crippen MR) is 126 cm³/mol. The molecule has 0 saturated carbocycles. The van der Waals surface area contributed by atoms with Crippen LogP contribution < -0.4 is 4.31 Å². The molecule has 2 aromatic carbocycles. The highest BCUT2D eigenvalue weighted by Gasteiger charge is 2.21. The molecule has 1 aromatic heterocycles. The molecule has 1 heterocycles. The number of carboxylic acids is 1. The maximum atomic E-state index is 12.9.